The highest BCUT2D eigenvalue weighted by atomic mass is 16.5. The van der Waals surface area contributed by atoms with Crippen LogP contribution in [-0.2, 0) is 17.3 Å². The zero-order valence-corrected chi connectivity index (χ0v) is 17.1. The first-order valence-corrected chi connectivity index (χ1v) is 9.13. The largest absolute Gasteiger partial charge is 0.506 e. The lowest BCUT2D eigenvalue weighted by Crippen LogP contribution is -2.21. The van der Waals surface area contributed by atoms with Crippen molar-refractivity contribution in [3.8, 4) is 11.6 Å². The molecule has 0 saturated heterocycles. The van der Waals surface area contributed by atoms with E-state index in [-0.39, 0.29) is 23.7 Å². The van der Waals surface area contributed by atoms with Gasteiger partial charge in [0.2, 0.25) is 5.88 Å². The topological polar surface area (TPSA) is 89.3 Å². The molecule has 148 valence electrons. The lowest BCUT2D eigenvalue weighted by molar-refractivity contribution is -0.118. The molecule has 0 atom stereocenters. The molecule has 3 aromatic rings. The summed E-state index contributed by atoms with van der Waals surface area (Å²) in [5, 5.41) is 17.9. The first kappa shape index (κ1) is 19.7. The number of hydrogen-bond acceptors (Lipinski definition) is 5. The Morgan fingerprint density at radius 3 is 2.64 bits per heavy atom. The van der Waals surface area contributed by atoms with Crippen LogP contribution in [0.5, 0.6) is 11.6 Å². The molecule has 0 radical (unpaired) electrons. The monoisotopic (exact) mass is 382 g/mol. The van der Waals surface area contributed by atoms with Crippen LogP contribution < -0.4 is 10.1 Å². The van der Waals surface area contributed by atoms with Crippen molar-refractivity contribution < 1.29 is 14.6 Å². The molecule has 2 N–H and O–H groups in total. The maximum Gasteiger partial charge on any atom is 0.262 e. The number of amides is 1. The van der Waals surface area contributed by atoms with E-state index in [9.17, 15) is 9.90 Å². The van der Waals surface area contributed by atoms with Crippen molar-refractivity contribution in [2.24, 2.45) is 7.05 Å². The summed E-state index contributed by atoms with van der Waals surface area (Å²) in [7, 11) is 1.79. The smallest absolute Gasteiger partial charge is 0.262 e. The van der Waals surface area contributed by atoms with E-state index in [2.05, 4.69) is 36.2 Å². The Morgan fingerprint density at radius 1 is 1.25 bits per heavy atom. The van der Waals surface area contributed by atoms with Crippen LogP contribution in [0.3, 0.4) is 0 Å². The summed E-state index contributed by atoms with van der Waals surface area (Å²) in [5.74, 6) is 0.00311. The second-order valence-corrected chi connectivity index (χ2v) is 8.03. The van der Waals surface area contributed by atoms with Crippen molar-refractivity contribution in [1.29, 1.82) is 0 Å². The first-order valence-electron chi connectivity index (χ1n) is 9.13. The molecule has 0 aliphatic rings. The summed E-state index contributed by atoms with van der Waals surface area (Å²) >= 11 is 0. The number of aromatic hydroxyl groups is 1. The highest BCUT2D eigenvalue weighted by Crippen LogP contribution is 2.31. The molecule has 28 heavy (non-hydrogen) atoms. The minimum Gasteiger partial charge on any atom is -0.506 e. The van der Waals surface area contributed by atoms with E-state index in [1.54, 1.807) is 23.9 Å². The van der Waals surface area contributed by atoms with Gasteiger partial charge in [-0.3, -0.25) is 4.79 Å². The van der Waals surface area contributed by atoms with Crippen molar-refractivity contribution >= 4 is 22.6 Å². The van der Waals surface area contributed by atoms with E-state index in [0.29, 0.717) is 17.2 Å². The zero-order chi connectivity index (χ0) is 20.6. The van der Waals surface area contributed by atoms with Crippen LogP contribution in [0.15, 0.2) is 24.3 Å². The van der Waals surface area contributed by atoms with Crippen molar-refractivity contribution in [1.82, 2.24) is 14.8 Å². The predicted octanol–water partition coefficient (Wildman–Crippen LogP) is 3.61. The number of nitrogens with zero attached hydrogens (tertiary/aromatic N) is 3. The highest BCUT2D eigenvalue weighted by molar-refractivity contribution is 5.94. The average Bonchev–Trinajstić information content (AvgIpc) is 2.90. The third-order valence-corrected chi connectivity index (χ3v) is 4.56. The number of phenols is 1. The summed E-state index contributed by atoms with van der Waals surface area (Å²) in [6.45, 7) is 9.86. The maximum atomic E-state index is 12.4. The summed E-state index contributed by atoms with van der Waals surface area (Å²) < 4.78 is 7.31. The van der Waals surface area contributed by atoms with Crippen molar-refractivity contribution in [3.63, 3.8) is 0 Å². The molecule has 0 aliphatic heterocycles. The fourth-order valence-corrected chi connectivity index (χ4v) is 3.07. The van der Waals surface area contributed by atoms with Gasteiger partial charge in [-0.25, -0.2) is 9.67 Å². The number of nitrogens with one attached hydrogen (secondary N) is 1. The Labute approximate surface area is 164 Å². The quantitative estimate of drug-likeness (QED) is 0.673. The Morgan fingerprint density at radius 2 is 1.96 bits per heavy atom. The van der Waals surface area contributed by atoms with Crippen LogP contribution in [0.25, 0.3) is 11.0 Å². The normalized spacial score (nSPS) is 11.6. The summed E-state index contributed by atoms with van der Waals surface area (Å²) in [5.41, 5.74) is 3.87. The Bertz CT molecular complexity index is 1050. The molecule has 0 aliphatic carbocycles. The second kappa shape index (κ2) is 7.14. The maximum absolute atomic E-state index is 12.4. The van der Waals surface area contributed by atoms with E-state index in [1.807, 2.05) is 26.0 Å². The average molecular weight is 382 g/mol. The summed E-state index contributed by atoms with van der Waals surface area (Å²) in [6, 6.07) is 7.16. The van der Waals surface area contributed by atoms with Gasteiger partial charge in [0, 0.05) is 12.7 Å². The number of aromatic nitrogens is 3. The van der Waals surface area contributed by atoms with E-state index in [4.69, 9.17) is 4.74 Å². The number of fused-ring (bicyclic) bond motifs is 1. The second-order valence-electron chi connectivity index (χ2n) is 8.03. The van der Waals surface area contributed by atoms with E-state index in [1.165, 1.54) is 0 Å². The standard InChI is InChI=1S/C21H26N4O3/c1-12-9-13(2)22-19-18(12)20(24-25(19)6)28-11-17(27)23-15-10-14(21(3,4)5)7-8-16(15)26/h7-10,26H,11H2,1-6H3,(H,23,27). The highest BCUT2D eigenvalue weighted by Gasteiger charge is 2.18. The van der Waals surface area contributed by atoms with E-state index >= 15 is 0 Å². The SMILES string of the molecule is Cc1cc(C)c2c(OCC(=O)Nc3cc(C(C)(C)C)ccc3O)nn(C)c2n1. The molecular weight excluding hydrogens is 356 g/mol. The van der Waals surface area contributed by atoms with Gasteiger partial charge in [-0.2, -0.15) is 0 Å². The van der Waals surface area contributed by atoms with Gasteiger partial charge in [-0.1, -0.05) is 26.8 Å². The van der Waals surface area contributed by atoms with E-state index < -0.39 is 0 Å². The van der Waals surface area contributed by atoms with Gasteiger partial charge < -0.3 is 15.2 Å². The van der Waals surface area contributed by atoms with Crippen LogP contribution in [-0.4, -0.2) is 32.4 Å². The van der Waals surface area contributed by atoms with Crippen molar-refractivity contribution in [2.45, 2.75) is 40.0 Å². The number of anilines is 1. The van der Waals surface area contributed by atoms with Crippen molar-refractivity contribution in [3.05, 3.63) is 41.1 Å². The molecule has 7 heteroatoms. The number of rotatable bonds is 4. The lowest BCUT2D eigenvalue weighted by atomic mass is 9.87. The fraction of sp³-hybridized carbons (Fsp3) is 0.381. The number of carbonyl (C=O) groups is 1. The number of phenolic OH excluding ortho intramolecular Hbond substituents is 1. The molecule has 7 nitrogen and oxygen atoms in total. The van der Waals surface area contributed by atoms with E-state index in [0.717, 1.165) is 22.2 Å². The minimum absolute atomic E-state index is 0.0140. The number of ether oxygens (including phenoxy) is 1. The molecule has 1 aromatic carbocycles. The van der Waals surface area contributed by atoms with Gasteiger partial charge in [0.1, 0.15) is 5.75 Å². The number of benzene rings is 1. The Hall–Kier alpha value is -3.09. The van der Waals surface area contributed by atoms with Crippen molar-refractivity contribution in [2.75, 3.05) is 11.9 Å². The molecule has 1 amide bonds. The van der Waals surface area contributed by atoms with Gasteiger partial charge in [0.25, 0.3) is 5.91 Å². The predicted molar refractivity (Wildman–Crippen MR) is 109 cm³/mol. The summed E-state index contributed by atoms with van der Waals surface area (Å²) in [6.07, 6.45) is 0. The van der Waals surface area contributed by atoms with Crippen LogP contribution in [0.4, 0.5) is 5.69 Å². The molecule has 0 unspecified atom stereocenters. The molecule has 2 heterocycles. The van der Waals surface area contributed by atoms with Crippen LogP contribution >= 0.6 is 0 Å². The number of carbonyl (C=O) groups excluding carboxylic acids is 1. The van der Waals surface area contributed by atoms with Gasteiger partial charge in [-0.05, 0) is 48.6 Å². The third-order valence-electron chi connectivity index (χ3n) is 4.56. The van der Waals surface area contributed by atoms with Gasteiger partial charge >= 0.3 is 0 Å². The lowest BCUT2D eigenvalue weighted by Gasteiger charge is -2.20. The van der Waals surface area contributed by atoms with Crippen LogP contribution in [0.2, 0.25) is 0 Å². The van der Waals surface area contributed by atoms with Gasteiger partial charge in [0.05, 0.1) is 11.1 Å². The van der Waals surface area contributed by atoms with Crippen LogP contribution in [0.1, 0.15) is 37.6 Å². The molecule has 0 fully saturated rings. The molecule has 0 spiro atoms. The minimum atomic E-state index is -0.377. The summed E-state index contributed by atoms with van der Waals surface area (Å²) in [4.78, 5) is 16.9. The third kappa shape index (κ3) is 3.93. The Balaban J connectivity index is 1.76. The Kier molecular flexibility index (Phi) is 5.02. The molecule has 0 saturated carbocycles. The fourth-order valence-electron chi connectivity index (χ4n) is 3.07. The first-order chi connectivity index (χ1) is 13.1. The molecule has 3 rings (SSSR count). The number of aryl methyl sites for hydroxylation is 3. The molecule has 2 aromatic heterocycles. The van der Waals surface area contributed by atoms with Crippen LogP contribution in [0, 0.1) is 13.8 Å². The molecule has 0 bridgehead atoms. The zero-order valence-electron chi connectivity index (χ0n) is 17.1. The number of hydrogen-bond donors (Lipinski definition) is 2. The van der Waals surface area contributed by atoms with Gasteiger partial charge in [0.15, 0.2) is 12.3 Å². The van der Waals surface area contributed by atoms with Gasteiger partial charge in [-0.15, -0.1) is 5.10 Å². The molecular formula is C21H26N4O3. The number of pyridine rings is 1.